The van der Waals surface area contributed by atoms with Crippen molar-refractivity contribution in [2.24, 2.45) is 11.8 Å². The summed E-state index contributed by atoms with van der Waals surface area (Å²) in [7, 11) is 0. The summed E-state index contributed by atoms with van der Waals surface area (Å²) in [5.74, 6) is 1.90. The SMILES string of the molecule is c1ccc2nc(CNC(C3CC3)C3CC3)ccc2c1. The zero-order chi connectivity index (χ0) is 12.7. The average Bonchev–Trinajstić information content (AvgIpc) is 3.32. The molecule has 0 atom stereocenters. The average molecular weight is 252 g/mol. The smallest absolute Gasteiger partial charge is 0.0705 e. The maximum absolute atomic E-state index is 4.74. The lowest BCUT2D eigenvalue weighted by atomic mass is 10.1. The van der Waals surface area contributed by atoms with Crippen LogP contribution in [0.2, 0.25) is 0 Å². The van der Waals surface area contributed by atoms with Crippen LogP contribution in [-0.4, -0.2) is 11.0 Å². The summed E-state index contributed by atoms with van der Waals surface area (Å²) in [6.45, 7) is 0.919. The van der Waals surface area contributed by atoms with E-state index in [1.165, 1.54) is 36.8 Å². The van der Waals surface area contributed by atoms with Crippen molar-refractivity contribution in [2.45, 2.75) is 38.3 Å². The molecule has 2 heteroatoms. The van der Waals surface area contributed by atoms with Crippen molar-refractivity contribution in [1.29, 1.82) is 0 Å². The molecular formula is C17H20N2. The number of nitrogens with zero attached hydrogens (tertiary/aromatic N) is 1. The van der Waals surface area contributed by atoms with Gasteiger partial charge in [-0.15, -0.1) is 0 Å². The van der Waals surface area contributed by atoms with Gasteiger partial charge in [0.25, 0.3) is 0 Å². The Balaban J connectivity index is 1.48. The van der Waals surface area contributed by atoms with Crippen LogP contribution >= 0.6 is 0 Å². The van der Waals surface area contributed by atoms with Gasteiger partial charge < -0.3 is 5.32 Å². The highest BCUT2D eigenvalue weighted by Crippen LogP contribution is 2.44. The molecule has 2 aliphatic carbocycles. The Morgan fingerprint density at radius 1 is 1.00 bits per heavy atom. The fourth-order valence-electron chi connectivity index (χ4n) is 3.06. The molecule has 0 radical (unpaired) electrons. The maximum Gasteiger partial charge on any atom is 0.0705 e. The lowest BCUT2D eigenvalue weighted by Crippen LogP contribution is -2.32. The van der Waals surface area contributed by atoms with Gasteiger partial charge in [-0.05, 0) is 49.7 Å². The van der Waals surface area contributed by atoms with Crippen molar-refractivity contribution in [2.75, 3.05) is 0 Å². The largest absolute Gasteiger partial charge is 0.308 e. The van der Waals surface area contributed by atoms with E-state index in [0.717, 1.165) is 29.9 Å². The van der Waals surface area contributed by atoms with Gasteiger partial charge in [0.05, 0.1) is 11.2 Å². The van der Waals surface area contributed by atoms with Gasteiger partial charge in [-0.2, -0.15) is 0 Å². The van der Waals surface area contributed by atoms with E-state index < -0.39 is 0 Å². The number of para-hydroxylation sites is 1. The Bertz CT molecular complexity index is 573. The Morgan fingerprint density at radius 3 is 2.47 bits per heavy atom. The molecule has 1 N–H and O–H groups in total. The van der Waals surface area contributed by atoms with Gasteiger partial charge in [0.2, 0.25) is 0 Å². The molecule has 1 aromatic heterocycles. The van der Waals surface area contributed by atoms with Gasteiger partial charge >= 0.3 is 0 Å². The van der Waals surface area contributed by atoms with Crippen LogP contribution in [0.15, 0.2) is 36.4 Å². The lowest BCUT2D eigenvalue weighted by Gasteiger charge is -2.17. The van der Waals surface area contributed by atoms with E-state index >= 15 is 0 Å². The summed E-state index contributed by atoms with van der Waals surface area (Å²) < 4.78 is 0. The number of fused-ring (bicyclic) bond motifs is 1. The second kappa shape index (κ2) is 4.61. The van der Waals surface area contributed by atoms with Gasteiger partial charge in [0, 0.05) is 18.0 Å². The third kappa shape index (κ3) is 2.50. The van der Waals surface area contributed by atoms with E-state index in [4.69, 9.17) is 4.98 Å². The molecule has 2 fully saturated rings. The molecule has 2 aliphatic rings. The maximum atomic E-state index is 4.74. The highest BCUT2D eigenvalue weighted by atomic mass is 15.0. The molecule has 0 saturated heterocycles. The first-order chi connectivity index (χ1) is 9.40. The zero-order valence-corrected chi connectivity index (χ0v) is 11.2. The van der Waals surface area contributed by atoms with Gasteiger partial charge in [-0.25, -0.2) is 0 Å². The number of hydrogen-bond acceptors (Lipinski definition) is 2. The highest BCUT2D eigenvalue weighted by Gasteiger charge is 2.40. The van der Waals surface area contributed by atoms with E-state index in [-0.39, 0.29) is 0 Å². The van der Waals surface area contributed by atoms with Crippen molar-refractivity contribution in [3.05, 3.63) is 42.1 Å². The van der Waals surface area contributed by atoms with E-state index in [9.17, 15) is 0 Å². The summed E-state index contributed by atoms with van der Waals surface area (Å²) in [6, 6.07) is 13.4. The molecule has 0 spiro atoms. The van der Waals surface area contributed by atoms with Gasteiger partial charge in [0.1, 0.15) is 0 Å². The topological polar surface area (TPSA) is 24.9 Å². The number of nitrogens with one attached hydrogen (secondary N) is 1. The molecule has 0 amide bonds. The Hall–Kier alpha value is -1.41. The minimum atomic E-state index is 0.758. The molecule has 2 aromatic rings. The molecule has 4 rings (SSSR count). The highest BCUT2D eigenvalue weighted by molar-refractivity contribution is 5.78. The first-order valence-corrected chi connectivity index (χ1v) is 7.48. The van der Waals surface area contributed by atoms with E-state index in [1.807, 2.05) is 0 Å². The Kier molecular flexibility index (Phi) is 2.77. The molecule has 2 nitrogen and oxygen atoms in total. The summed E-state index contributed by atoms with van der Waals surface area (Å²) in [5, 5.41) is 4.99. The second-order valence-electron chi connectivity index (χ2n) is 6.08. The van der Waals surface area contributed by atoms with E-state index in [0.29, 0.717) is 0 Å². The zero-order valence-electron chi connectivity index (χ0n) is 11.2. The fraction of sp³-hybridized carbons (Fsp3) is 0.471. The molecule has 19 heavy (non-hydrogen) atoms. The number of rotatable bonds is 5. The van der Waals surface area contributed by atoms with Crippen LogP contribution in [0.3, 0.4) is 0 Å². The minimum absolute atomic E-state index is 0.758. The summed E-state index contributed by atoms with van der Waals surface area (Å²) in [5.41, 5.74) is 2.28. The van der Waals surface area contributed by atoms with Crippen LogP contribution in [-0.2, 0) is 6.54 Å². The first kappa shape index (κ1) is 11.4. The molecule has 0 aliphatic heterocycles. The Morgan fingerprint density at radius 2 is 1.74 bits per heavy atom. The molecule has 1 heterocycles. The molecule has 0 unspecified atom stereocenters. The monoisotopic (exact) mass is 252 g/mol. The van der Waals surface area contributed by atoms with Crippen molar-refractivity contribution >= 4 is 10.9 Å². The van der Waals surface area contributed by atoms with Crippen LogP contribution in [0.4, 0.5) is 0 Å². The summed E-state index contributed by atoms with van der Waals surface area (Å²) in [4.78, 5) is 4.74. The number of pyridine rings is 1. The van der Waals surface area contributed by atoms with Gasteiger partial charge in [0.15, 0.2) is 0 Å². The van der Waals surface area contributed by atoms with Crippen LogP contribution in [0, 0.1) is 11.8 Å². The minimum Gasteiger partial charge on any atom is -0.308 e. The van der Waals surface area contributed by atoms with Crippen molar-refractivity contribution in [1.82, 2.24) is 10.3 Å². The summed E-state index contributed by atoms with van der Waals surface area (Å²) in [6.07, 6.45) is 5.72. The predicted octanol–water partition coefficient (Wildman–Crippen LogP) is 3.51. The second-order valence-corrected chi connectivity index (χ2v) is 6.08. The normalized spacial score (nSPS) is 19.2. The van der Waals surface area contributed by atoms with E-state index in [1.54, 1.807) is 0 Å². The lowest BCUT2D eigenvalue weighted by molar-refractivity contribution is 0.413. The summed E-state index contributed by atoms with van der Waals surface area (Å²) >= 11 is 0. The van der Waals surface area contributed by atoms with Crippen LogP contribution in [0.5, 0.6) is 0 Å². The van der Waals surface area contributed by atoms with Crippen molar-refractivity contribution in [3.8, 4) is 0 Å². The molecule has 98 valence electrons. The molecule has 0 bridgehead atoms. The number of hydrogen-bond donors (Lipinski definition) is 1. The standard InChI is InChI=1S/C17H20N2/c1-2-4-16-12(3-1)9-10-15(19-16)11-18-17(13-5-6-13)14-7-8-14/h1-4,9-10,13-14,17-18H,5-8,11H2. The van der Waals surface area contributed by atoms with E-state index in [2.05, 4.69) is 41.7 Å². The first-order valence-electron chi connectivity index (χ1n) is 7.48. The van der Waals surface area contributed by atoms with Crippen molar-refractivity contribution < 1.29 is 0 Å². The molecule has 2 saturated carbocycles. The Labute approximate surface area is 114 Å². The quantitative estimate of drug-likeness (QED) is 0.880. The fourth-order valence-corrected chi connectivity index (χ4v) is 3.06. The van der Waals surface area contributed by atoms with Gasteiger partial charge in [-0.1, -0.05) is 24.3 Å². The van der Waals surface area contributed by atoms with Crippen molar-refractivity contribution in [3.63, 3.8) is 0 Å². The third-order valence-corrected chi connectivity index (χ3v) is 4.43. The van der Waals surface area contributed by atoms with Crippen LogP contribution < -0.4 is 5.32 Å². The number of benzene rings is 1. The predicted molar refractivity (Wildman–Crippen MR) is 77.8 cm³/mol. The van der Waals surface area contributed by atoms with Gasteiger partial charge in [-0.3, -0.25) is 4.98 Å². The van der Waals surface area contributed by atoms with Crippen LogP contribution in [0.1, 0.15) is 31.4 Å². The van der Waals surface area contributed by atoms with Crippen LogP contribution in [0.25, 0.3) is 10.9 Å². The molecule has 1 aromatic carbocycles. The number of aromatic nitrogens is 1. The third-order valence-electron chi connectivity index (χ3n) is 4.43. The molecular weight excluding hydrogens is 232 g/mol.